The van der Waals surface area contributed by atoms with Crippen LogP contribution in [0.4, 0.5) is 4.39 Å². The second-order valence-corrected chi connectivity index (χ2v) is 8.53. The Kier molecular flexibility index (Phi) is 6.22. The molecule has 0 radical (unpaired) electrons. The average Bonchev–Trinajstić information content (AvgIpc) is 2.73. The molecule has 168 valence electrons. The molecule has 32 heavy (non-hydrogen) atoms. The molecule has 2 heterocycles. The van der Waals surface area contributed by atoms with E-state index in [4.69, 9.17) is 21.1 Å². The summed E-state index contributed by atoms with van der Waals surface area (Å²) in [5.41, 5.74) is 0.959. The number of morpholine rings is 1. The van der Waals surface area contributed by atoms with E-state index in [9.17, 15) is 14.0 Å². The Morgan fingerprint density at radius 3 is 2.56 bits per heavy atom. The van der Waals surface area contributed by atoms with Crippen LogP contribution in [0.5, 0.6) is 5.75 Å². The van der Waals surface area contributed by atoms with Crippen LogP contribution in [0, 0.1) is 5.82 Å². The molecule has 1 fully saturated rings. The summed E-state index contributed by atoms with van der Waals surface area (Å²) in [6, 6.07) is 9.16. The van der Waals surface area contributed by atoms with E-state index in [0.717, 1.165) is 0 Å². The molecule has 1 saturated heterocycles. The highest BCUT2D eigenvalue weighted by molar-refractivity contribution is 6.33. The Hall–Kier alpha value is -2.90. The summed E-state index contributed by atoms with van der Waals surface area (Å²) in [6.45, 7) is 6.58. The Morgan fingerprint density at radius 1 is 1.16 bits per heavy atom. The smallest absolute Gasteiger partial charge is 0.263 e. The van der Waals surface area contributed by atoms with Gasteiger partial charge in [0.25, 0.3) is 11.5 Å². The average molecular weight is 459 g/mol. The van der Waals surface area contributed by atoms with E-state index < -0.39 is 11.9 Å². The van der Waals surface area contributed by atoms with E-state index in [1.54, 1.807) is 42.3 Å². The van der Waals surface area contributed by atoms with E-state index in [-0.39, 0.29) is 28.7 Å². The number of ether oxygens (including phenoxy) is 2. The molecule has 0 bridgehead atoms. The van der Waals surface area contributed by atoms with Crippen molar-refractivity contribution in [3.8, 4) is 16.9 Å². The normalized spacial score (nSPS) is 19.7. The number of hydrogen-bond donors (Lipinski definition) is 1. The van der Waals surface area contributed by atoms with Crippen LogP contribution in [0.1, 0.15) is 20.8 Å². The van der Waals surface area contributed by atoms with Crippen molar-refractivity contribution in [2.24, 2.45) is 0 Å². The lowest BCUT2D eigenvalue weighted by Crippen LogP contribution is -2.51. The number of aromatic amines is 1. The number of benzene rings is 2. The SMILES string of the molecule is C[C@H]1CN(C(=O)[C@@H](C)Oc2ccc3c(-c4ccc(F)cc4Cl)c[nH]c(=O)c3c2)C[C@H](C)O1. The number of carbonyl (C=O) groups is 1. The number of H-pyrrole nitrogens is 1. The van der Waals surface area contributed by atoms with Crippen molar-refractivity contribution in [3.05, 3.63) is 63.8 Å². The standard InChI is InChI=1S/C24H24ClFN2O4/c1-13-11-28(12-14(2)31-13)24(30)15(3)32-17-5-7-18-20(9-17)23(29)27-10-21(18)19-6-4-16(26)8-22(19)25/h4-10,13-15H,11-12H2,1-3H3,(H,27,29)/t13-,14-,15+/m0/s1. The molecule has 0 aliphatic carbocycles. The number of amides is 1. The molecule has 1 amide bonds. The number of rotatable bonds is 4. The number of fused-ring (bicyclic) bond motifs is 1. The number of hydrogen-bond acceptors (Lipinski definition) is 4. The molecular formula is C24H24ClFN2O4. The Labute approximate surface area is 189 Å². The number of nitrogens with zero attached hydrogens (tertiary/aromatic N) is 1. The third kappa shape index (κ3) is 4.49. The lowest BCUT2D eigenvalue weighted by Gasteiger charge is -2.36. The fourth-order valence-electron chi connectivity index (χ4n) is 4.11. The minimum Gasteiger partial charge on any atom is -0.481 e. The van der Waals surface area contributed by atoms with Gasteiger partial charge in [-0.25, -0.2) is 4.39 Å². The molecule has 1 aliphatic rings. The molecule has 8 heteroatoms. The van der Waals surface area contributed by atoms with Gasteiger partial charge in [0.1, 0.15) is 11.6 Å². The van der Waals surface area contributed by atoms with Gasteiger partial charge in [-0.15, -0.1) is 0 Å². The first-order chi connectivity index (χ1) is 15.2. The molecule has 1 aliphatic heterocycles. The number of aromatic nitrogens is 1. The van der Waals surface area contributed by atoms with Gasteiger partial charge in [-0.1, -0.05) is 11.6 Å². The van der Waals surface area contributed by atoms with Crippen LogP contribution < -0.4 is 10.3 Å². The summed E-state index contributed by atoms with van der Waals surface area (Å²) < 4.78 is 25.0. The highest BCUT2D eigenvalue weighted by Crippen LogP contribution is 2.33. The molecule has 1 N–H and O–H groups in total. The molecule has 0 unspecified atom stereocenters. The highest BCUT2D eigenvalue weighted by atomic mass is 35.5. The highest BCUT2D eigenvalue weighted by Gasteiger charge is 2.29. The van der Waals surface area contributed by atoms with Crippen LogP contribution in [0.3, 0.4) is 0 Å². The molecule has 2 aromatic carbocycles. The fraction of sp³-hybridized carbons (Fsp3) is 0.333. The van der Waals surface area contributed by atoms with E-state index in [2.05, 4.69) is 4.98 Å². The van der Waals surface area contributed by atoms with Crippen LogP contribution in [0.15, 0.2) is 47.4 Å². The zero-order valence-corrected chi connectivity index (χ0v) is 18.8. The van der Waals surface area contributed by atoms with Crippen LogP contribution in [-0.2, 0) is 9.53 Å². The summed E-state index contributed by atoms with van der Waals surface area (Å²) in [5, 5.41) is 1.27. The summed E-state index contributed by atoms with van der Waals surface area (Å²) in [4.78, 5) is 29.8. The minimum atomic E-state index is -0.723. The van der Waals surface area contributed by atoms with Gasteiger partial charge in [0.15, 0.2) is 6.10 Å². The second kappa shape index (κ2) is 8.92. The summed E-state index contributed by atoms with van der Waals surface area (Å²) >= 11 is 6.23. The van der Waals surface area contributed by atoms with Crippen molar-refractivity contribution in [1.29, 1.82) is 0 Å². The van der Waals surface area contributed by atoms with Gasteiger partial charge in [0, 0.05) is 30.4 Å². The van der Waals surface area contributed by atoms with E-state index in [1.807, 2.05) is 13.8 Å². The van der Waals surface area contributed by atoms with E-state index in [0.29, 0.717) is 40.7 Å². The first-order valence-corrected chi connectivity index (χ1v) is 10.8. The zero-order chi connectivity index (χ0) is 23.0. The summed E-state index contributed by atoms with van der Waals surface area (Å²) in [7, 11) is 0. The lowest BCUT2D eigenvalue weighted by molar-refractivity contribution is -0.149. The summed E-state index contributed by atoms with van der Waals surface area (Å²) in [5.74, 6) is -0.167. The predicted molar refractivity (Wildman–Crippen MR) is 122 cm³/mol. The topological polar surface area (TPSA) is 71.6 Å². The number of halogens is 2. The van der Waals surface area contributed by atoms with Gasteiger partial charge >= 0.3 is 0 Å². The van der Waals surface area contributed by atoms with Crippen LogP contribution >= 0.6 is 11.6 Å². The Morgan fingerprint density at radius 2 is 1.88 bits per heavy atom. The Balaban J connectivity index is 1.62. The van der Waals surface area contributed by atoms with Crippen molar-refractivity contribution in [2.45, 2.75) is 39.1 Å². The third-order valence-electron chi connectivity index (χ3n) is 5.49. The lowest BCUT2D eigenvalue weighted by atomic mass is 10.0. The number of carbonyl (C=O) groups excluding carboxylic acids is 1. The molecule has 0 saturated carbocycles. The summed E-state index contributed by atoms with van der Waals surface area (Å²) in [6.07, 6.45) is 0.757. The maximum atomic E-state index is 13.5. The quantitative estimate of drug-likeness (QED) is 0.629. The van der Waals surface area contributed by atoms with Gasteiger partial charge in [0.05, 0.1) is 22.6 Å². The van der Waals surface area contributed by atoms with Gasteiger partial charge in [-0.2, -0.15) is 0 Å². The van der Waals surface area contributed by atoms with Crippen molar-refractivity contribution >= 4 is 28.3 Å². The van der Waals surface area contributed by atoms with E-state index in [1.165, 1.54) is 12.1 Å². The number of pyridine rings is 1. The fourth-order valence-corrected chi connectivity index (χ4v) is 4.38. The molecule has 4 rings (SSSR count). The van der Waals surface area contributed by atoms with Crippen molar-refractivity contribution in [2.75, 3.05) is 13.1 Å². The second-order valence-electron chi connectivity index (χ2n) is 8.12. The molecule has 3 aromatic rings. The van der Waals surface area contributed by atoms with Crippen LogP contribution in [0.25, 0.3) is 21.9 Å². The zero-order valence-electron chi connectivity index (χ0n) is 18.0. The first kappa shape index (κ1) is 22.3. The third-order valence-corrected chi connectivity index (χ3v) is 5.80. The van der Waals surface area contributed by atoms with Crippen molar-refractivity contribution in [1.82, 2.24) is 9.88 Å². The van der Waals surface area contributed by atoms with E-state index >= 15 is 0 Å². The minimum absolute atomic E-state index is 0.0363. The van der Waals surface area contributed by atoms with Crippen molar-refractivity contribution < 1.29 is 18.7 Å². The maximum absolute atomic E-state index is 13.5. The molecule has 3 atom stereocenters. The predicted octanol–water partition coefficient (Wildman–Crippen LogP) is 4.39. The largest absolute Gasteiger partial charge is 0.481 e. The van der Waals surface area contributed by atoms with Gasteiger partial charge < -0.3 is 19.4 Å². The van der Waals surface area contributed by atoms with Crippen molar-refractivity contribution in [3.63, 3.8) is 0 Å². The molecule has 1 aromatic heterocycles. The van der Waals surface area contributed by atoms with Gasteiger partial charge in [-0.3, -0.25) is 9.59 Å². The molecule has 0 spiro atoms. The first-order valence-electron chi connectivity index (χ1n) is 10.4. The van der Waals surface area contributed by atoms with Crippen LogP contribution in [-0.4, -0.2) is 47.2 Å². The monoisotopic (exact) mass is 458 g/mol. The maximum Gasteiger partial charge on any atom is 0.263 e. The van der Waals surface area contributed by atoms with Gasteiger partial charge in [-0.05, 0) is 62.6 Å². The van der Waals surface area contributed by atoms with Crippen LogP contribution in [0.2, 0.25) is 5.02 Å². The molecular weight excluding hydrogens is 435 g/mol. The molecule has 6 nitrogen and oxygen atoms in total. The Bertz CT molecular complexity index is 1220. The van der Waals surface area contributed by atoms with Gasteiger partial charge in [0.2, 0.25) is 0 Å². The number of nitrogens with one attached hydrogen (secondary N) is 1.